The highest BCUT2D eigenvalue weighted by molar-refractivity contribution is 7.99. The van der Waals surface area contributed by atoms with E-state index < -0.39 is 11.6 Å². The lowest BCUT2D eigenvalue weighted by molar-refractivity contribution is -0.119. The van der Waals surface area contributed by atoms with Crippen molar-refractivity contribution in [3.63, 3.8) is 0 Å². The summed E-state index contributed by atoms with van der Waals surface area (Å²) in [6.45, 7) is 0.430. The molecule has 1 N–H and O–H groups in total. The third-order valence-corrected chi connectivity index (χ3v) is 4.53. The molecule has 2 aromatic carbocycles. The van der Waals surface area contributed by atoms with E-state index in [1.54, 1.807) is 12.1 Å². The first-order valence-corrected chi connectivity index (χ1v) is 9.02. The first-order valence-electron chi connectivity index (χ1n) is 7.80. The van der Waals surface area contributed by atoms with Crippen molar-refractivity contribution in [1.29, 1.82) is 0 Å². The monoisotopic (exact) mass is 348 g/mol. The standard InChI is InChI=1S/C18H18F2N2OS/c1-24-21-14-7-3-2-6-12(14)13-9-10-15(18(20)17(13)19)22-11-5-4-8-16(22)23/h2-3,6-7,9-10,21H,4-5,8,11H2,1H3. The van der Waals surface area contributed by atoms with E-state index in [4.69, 9.17) is 0 Å². The predicted octanol–water partition coefficient (Wildman–Crippen LogP) is 4.84. The summed E-state index contributed by atoms with van der Waals surface area (Å²) in [4.78, 5) is 13.3. The maximum atomic E-state index is 14.7. The van der Waals surface area contributed by atoms with Gasteiger partial charge in [0.1, 0.15) is 0 Å². The first-order chi connectivity index (χ1) is 11.6. The highest BCUT2D eigenvalue weighted by Gasteiger charge is 2.25. The molecular formula is C18H18F2N2OS. The summed E-state index contributed by atoms with van der Waals surface area (Å²) in [6, 6.07) is 10.2. The summed E-state index contributed by atoms with van der Waals surface area (Å²) in [7, 11) is 0. The minimum Gasteiger partial charge on any atom is -0.329 e. The number of nitrogens with zero attached hydrogens (tertiary/aromatic N) is 1. The van der Waals surface area contributed by atoms with Crippen LogP contribution in [-0.2, 0) is 4.79 Å². The fraction of sp³-hybridized carbons (Fsp3) is 0.278. The number of hydrogen-bond donors (Lipinski definition) is 1. The molecule has 0 aliphatic carbocycles. The van der Waals surface area contributed by atoms with E-state index >= 15 is 0 Å². The predicted molar refractivity (Wildman–Crippen MR) is 95.1 cm³/mol. The lowest BCUT2D eigenvalue weighted by Gasteiger charge is -2.27. The van der Waals surface area contributed by atoms with Gasteiger partial charge in [-0.2, -0.15) is 0 Å². The third-order valence-electron chi connectivity index (χ3n) is 4.11. The van der Waals surface area contributed by atoms with E-state index in [-0.39, 0.29) is 17.2 Å². The second-order valence-electron chi connectivity index (χ2n) is 5.61. The number of carbonyl (C=O) groups is 1. The lowest BCUT2D eigenvalue weighted by Crippen LogP contribution is -2.36. The fourth-order valence-corrected chi connectivity index (χ4v) is 3.33. The average Bonchev–Trinajstić information content (AvgIpc) is 2.59. The van der Waals surface area contributed by atoms with Crippen molar-refractivity contribution in [2.75, 3.05) is 22.4 Å². The van der Waals surface area contributed by atoms with Crippen molar-refractivity contribution in [1.82, 2.24) is 0 Å². The number of nitrogens with one attached hydrogen (secondary N) is 1. The molecule has 6 heteroatoms. The molecule has 1 amide bonds. The van der Waals surface area contributed by atoms with E-state index in [1.165, 1.54) is 29.0 Å². The number of hydrogen-bond acceptors (Lipinski definition) is 3. The number of rotatable bonds is 4. The summed E-state index contributed by atoms with van der Waals surface area (Å²) < 4.78 is 32.4. The van der Waals surface area contributed by atoms with Crippen LogP contribution in [-0.4, -0.2) is 18.7 Å². The Morgan fingerprint density at radius 3 is 2.58 bits per heavy atom. The van der Waals surface area contributed by atoms with Crippen LogP contribution in [0.25, 0.3) is 11.1 Å². The molecule has 0 spiro atoms. The number of piperidine rings is 1. The van der Waals surface area contributed by atoms with Gasteiger partial charge in [0.2, 0.25) is 5.91 Å². The van der Waals surface area contributed by atoms with E-state index in [2.05, 4.69) is 4.72 Å². The summed E-state index contributed by atoms with van der Waals surface area (Å²) >= 11 is 1.38. The van der Waals surface area contributed by atoms with Crippen molar-refractivity contribution in [3.05, 3.63) is 48.0 Å². The maximum absolute atomic E-state index is 14.7. The van der Waals surface area contributed by atoms with Crippen LogP contribution in [0.5, 0.6) is 0 Å². The lowest BCUT2D eigenvalue weighted by atomic mass is 10.0. The van der Waals surface area contributed by atoms with Crippen molar-refractivity contribution in [2.45, 2.75) is 19.3 Å². The van der Waals surface area contributed by atoms with Gasteiger partial charge < -0.3 is 9.62 Å². The van der Waals surface area contributed by atoms with Gasteiger partial charge in [0.25, 0.3) is 0 Å². The Labute approximate surface area is 144 Å². The van der Waals surface area contributed by atoms with Gasteiger partial charge in [-0.25, -0.2) is 8.78 Å². The largest absolute Gasteiger partial charge is 0.329 e. The molecule has 0 atom stereocenters. The van der Waals surface area contributed by atoms with Crippen LogP contribution < -0.4 is 9.62 Å². The van der Waals surface area contributed by atoms with E-state index in [1.807, 2.05) is 18.4 Å². The van der Waals surface area contributed by atoms with E-state index in [9.17, 15) is 13.6 Å². The first kappa shape index (κ1) is 16.8. The molecule has 2 aromatic rings. The summed E-state index contributed by atoms with van der Waals surface area (Å²) in [6.07, 6.45) is 3.84. The summed E-state index contributed by atoms with van der Waals surface area (Å²) in [5.41, 5.74) is 1.50. The molecule has 3 nitrogen and oxygen atoms in total. The molecule has 0 bridgehead atoms. The Morgan fingerprint density at radius 2 is 1.83 bits per heavy atom. The second-order valence-corrected chi connectivity index (χ2v) is 6.23. The van der Waals surface area contributed by atoms with Gasteiger partial charge in [-0.3, -0.25) is 4.79 Å². The maximum Gasteiger partial charge on any atom is 0.227 e. The van der Waals surface area contributed by atoms with E-state index in [0.717, 1.165) is 12.8 Å². The zero-order valence-corrected chi connectivity index (χ0v) is 14.1. The van der Waals surface area contributed by atoms with Gasteiger partial charge in [0.05, 0.1) is 11.4 Å². The average molecular weight is 348 g/mol. The van der Waals surface area contributed by atoms with Gasteiger partial charge in [0.15, 0.2) is 11.6 Å². The van der Waals surface area contributed by atoms with Gasteiger partial charge >= 0.3 is 0 Å². The molecule has 1 heterocycles. The Bertz CT molecular complexity index is 767. The van der Waals surface area contributed by atoms with E-state index in [0.29, 0.717) is 24.2 Å². The SMILES string of the molecule is CSNc1ccccc1-c1ccc(N2CCCCC2=O)c(F)c1F. The molecule has 1 saturated heterocycles. The number of anilines is 2. The van der Waals surface area contributed by atoms with Gasteiger partial charge in [-0.05, 0) is 31.0 Å². The minimum absolute atomic E-state index is 0.0243. The molecule has 0 unspecified atom stereocenters. The van der Waals surface area contributed by atoms with Crippen LogP contribution in [0.3, 0.4) is 0 Å². The van der Waals surface area contributed by atoms with Crippen LogP contribution in [0.15, 0.2) is 36.4 Å². The molecule has 3 rings (SSSR count). The Kier molecular flexibility index (Phi) is 5.04. The molecule has 24 heavy (non-hydrogen) atoms. The Morgan fingerprint density at radius 1 is 1.04 bits per heavy atom. The van der Waals surface area contributed by atoms with Crippen molar-refractivity contribution in [3.8, 4) is 11.1 Å². The number of carbonyl (C=O) groups excluding carboxylic acids is 1. The zero-order valence-electron chi connectivity index (χ0n) is 13.3. The van der Waals surface area contributed by atoms with Crippen LogP contribution in [0, 0.1) is 11.6 Å². The smallest absolute Gasteiger partial charge is 0.227 e. The fourth-order valence-electron chi connectivity index (χ4n) is 2.93. The van der Waals surface area contributed by atoms with Crippen LogP contribution in [0.1, 0.15) is 19.3 Å². The molecule has 126 valence electrons. The zero-order chi connectivity index (χ0) is 17.1. The number of amides is 1. The second kappa shape index (κ2) is 7.21. The van der Waals surface area contributed by atoms with Gasteiger partial charge in [-0.15, -0.1) is 0 Å². The molecule has 1 aliphatic heterocycles. The number of benzene rings is 2. The topological polar surface area (TPSA) is 32.3 Å². The number of para-hydroxylation sites is 1. The quantitative estimate of drug-likeness (QED) is 0.803. The minimum atomic E-state index is -0.971. The third kappa shape index (κ3) is 3.11. The molecule has 1 fully saturated rings. The molecule has 0 radical (unpaired) electrons. The normalized spacial score (nSPS) is 14.8. The Hall–Kier alpha value is -2.08. The van der Waals surface area contributed by atoms with Gasteiger partial charge in [-0.1, -0.05) is 30.1 Å². The van der Waals surface area contributed by atoms with Crippen LogP contribution >= 0.6 is 11.9 Å². The highest BCUT2D eigenvalue weighted by atomic mass is 32.2. The van der Waals surface area contributed by atoms with Gasteiger partial charge in [0, 0.05) is 30.3 Å². The molecule has 0 aromatic heterocycles. The highest BCUT2D eigenvalue weighted by Crippen LogP contribution is 2.35. The molecule has 0 saturated carbocycles. The summed E-state index contributed by atoms with van der Waals surface area (Å²) in [5.74, 6) is -2.06. The van der Waals surface area contributed by atoms with Crippen molar-refractivity contribution in [2.24, 2.45) is 0 Å². The summed E-state index contributed by atoms with van der Waals surface area (Å²) in [5, 5.41) is 0. The van der Waals surface area contributed by atoms with Crippen molar-refractivity contribution >= 4 is 29.2 Å². The number of halogens is 2. The van der Waals surface area contributed by atoms with Crippen LogP contribution in [0.2, 0.25) is 0 Å². The van der Waals surface area contributed by atoms with Crippen molar-refractivity contribution < 1.29 is 13.6 Å². The molecular weight excluding hydrogens is 330 g/mol. The molecule has 1 aliphatic rings. The Balaban J connectivity index is 2.04. The van der Waals surface area contributed by atoms with Crippen LogP contribution in [0.4, 0.5) is 20.2 Å².